The van der Waals surface area contributed by atoms with Crippen LogP contribution in [0, 0.1) is 5.21 Å². The molecule has 0 saturated heterocycles. The fraction of sp³-hybridized carbons (Fsp3) is 0.625. The number of hydrogen-bond donors (Lipinski definition) is 2. The first kappa shape index (κ1) is 9.22. The Hall–Kier alpha value is -0.870. The van der Waals surface area contributed by atoms with Gasteiger partial charge in [-0.3, -0.25) is 4.79 Å². The van der Waals surface area contributed by atoms with Crippen molar-refractivity contribution in [3.8, 4) is 0 Å². The summed E-state index contributed by atoms with van der Waals surface area (Å²) in [4.78, 5) is 11.1. The van der Waals surface area contributed by atoms with E-state index in [1.165, 1.54) is 13.1 Å². The number of carbonyl (C=O) groups excluding carboxylic acids is 1. The van der Waals surface area contributed by atoms with Crippen LogP contribution in [-0.4, -0.2) is 18.4 Å². The van der Waals surface area contributed by atoms with Gasteiger partial charge < -0.3 is 16.0 Å². The number of rotatable bonds is 1. The molecule has 0 radical (unpaired) electrons. The van der Waals surface area contributed by atoms with Crippen molar-refractivity contribution in [1.29, 1.82) is 0 Å². The summed E-state index contributed by atoms with van der Waals surface area (Å²) in [6, 6.07) is 0. The van der Waals surface area contributed by atoms with Gasteiger partial charge in [0.25, 0.3) is 0 Å². The Labute approximate surface area is 71.6 Å². The van der Waals surface area contributed by atoms with Crippen molar-refractivity contribution < 1.29 is 9.86 Å². The molecule has 0 bridgehead atoms. The van der Waals surface area contributed by atoms with E-state index in [-0.39, 0.29) is 10.8 Å². The lowest BCUT2D eigenvalue weighted by Crippen LogP contribution is -3.13. The second kappa shape index (κ2) is 2.88. The van der Waals surface area contributed by atoms with Crippen molar-refractivity contribution in [2.24, 2.45) is 5.73 Å². The molecule has 0 aromatic heterocycles. The summed E-state index contributed by atoms with van der Waals surface area (Å²) in [5.41, 5.74) is 5.48. The van der Waals surface area contributed by atoms with E-state index in [0.717, 1.165) is 0 Å². The minimum absolute atomic E-state index is 0.0342. The molecule has 12 heavy (non-hydrogen) atoms. The molecule has 1 rings (SSSR count). The molecule has 1 aliphatic carbocycles. The summed E-state index contributed by atoms with van der Waals surface area (Å²) < 4.78 is 0. The van der Waals surface area contributed by atoms with Gasteiger partial charge in [0, 0.05) is 18.2 Å². The molecule has 0 spiro atoms. The second-order valence-corrected chi connectivity index (χ2v) is 3.66. The lowest BCUT2D eigenvalue weighted by Gasteiger charge is -2.39. The number of quaternary nitrogens is 1. The van der Waals surface area contributed by atoms with E-state index in [0.29, 0.717) is 18.5 Å². The predicted octanol–water partition coefficient (Wildman–Crippen LogP) is -1.04. The third-order valence-electron chi connectivity index (χ3n) is 2.36. The van der Waals surface area contributed by atoms with Gasteiger partial charge in [-0.05, 0) is 6.92 Å². The first-order valence-electron chi connectivity index (χ1n) is 3.94. The van der Waals surface area contributed by atoms with Crippen LogP contribution in [0.15, 0.2) is 11.8 Å². The van der Waals surface area contributed by atoms with Crippen LogP contribution in [0.2, 0.25) is 0 Å². The highest BCUT2D eigenvalue weighted by atomic mass is 16.5. The summed E-state index contributed by atoms with van der Waals surface area (Å²) in [6.45, 7) is 1.78. The standard InChI is InChI=1S/C8H14N2O2/c1-8(10(2)12)4-6(9)3-7(11)5-8/h3,10H,4-5,9H2,1-2H3. The Balaban J connectivity index is 2.85. The van der Waals surface area contributed by atoms with Crippen LogP contribution in [-0.2, 0) is 4.79 Å². The lowest BCUT2D eigenvalue weighted by atomic mass is 9.85. The van der Waals surface area contributed by atoms with Crippen molar-refractivity contribution in [2.45, 2.75) is 25.3 Å². The van der Waals surface area contributed by atoms with Crippen LogP contribution in [0.1, 0.15) is 19.8 Å². The monoisotopic (exact) mass is 170 g/mol. The Morgan fingerprint density at radius 3 is 2.67 bits per heavy atom. The molecule has 4 heteroatoms. The lowest BCUT2D eigenvalue weighted by molar-refractivity contribution is -0.882. The number of hydroxylamine groups is 2. The van der Waals surface area contributed by atoms with Crippen LogP contribution in [0.5, 0.6) is 0 Å². The first-order valence-corrected chi connectivity index (χ1v) is 3.94. The van der Waals surface area contributed by atoms with Gasteiger partial charge in [0.1, 0.15) is 5.54 Å². The van der Waals surface area contributed by atoms with Crippen molar-refractivity contribution in [2.75, 3.05) is 7.05 Å². The molecule has 2 unspecified atom stereocenters. The minimum atomic E-state index is -0.560. The van der Waals surface area contributed by atoms with Crippen LogP contribution in [0.25, 0.3) is 0 Å². The van der Waals surface area contributed by atoms with Gasteiger partial charge in [0.05, 0.1) is 13.5 Å². The molecule has 0 heterocycles. The van der Waals surface area contributed by atoms with Crippen LogP contribution in [0.4, 0.5) is 0 Å². The Bertz CT molecular complexity index is 235. The smallest absolute Gasteiger partial charge is 0.163 e. The van der Waals surface area contributed by atoms with E-state index >= 15 is 0 Å². The van der Waals surface area contributed by atoms with E-state index in [9.17, 15) is 10.0 Å². The molecule has 3 N–H and O–H groups in total. The zero-order chi connectivity index (χ0) is 9.35. The second-order valence-electron chi connectivity index (χ2n) is 3.66. The topological polar surface area (TPSA) is 70.6 Å². The summed E-state index contributed by atoms with van der Waals surface area (Å²) in [5.74, 6) is -0.0450. The molecule has 68 valence electrons. The molecule has 1 aliphatic rings. The van der Waals surface area contributed by atoms with Crippen molar-refractivity contribution in [3.05, 3.63) is 17.0 Å². The fourth-order valence-electron chi connectivity index (χ4n) is 1.46. The van der Waals surface area contributed by atoms with Gasteiger partial charge >= 0.3 is 0 Å². The molecule has 0 aromatic carbocycles. The highest BCUT2D eigenvalue weighted by Gasteiger charge is 2.35. The number of carbonyl (C=O) groups is 1. The first-order chi connectivity index (χ1) is 5.44. The molecular formula is C8H14N2O2. The van der Waals surface area contributed by atoms with Crippen LogP contribution >= 0.6 is 0 Å². The van der Waals surface area contributed by atoms with Gasteiger partial charge in [-0.1, -0.05) is 0 Å². The molecule has 2 atom stereocenters. The molecule has 0 amide bonds. The molecule has 0 aromatic rings. The summed E-state index contributed by atoms with van der Waals surface area (Å²) >= 11 is 0. The van der Waals surface area contributed by atoms with Crippen molar-refractivity contribution in [3.63, 3.8) is 0 Å². The predicted molar refractivity (Wildman–Crippen MR) is 45.2 cm³/mol. The Kier molecular flexibility index (Phi) is 2.21. The zero-order valence-corrected chi connectivity index (χ0v) is 7.39. The third-order valence-corrected chi connectivity index (χ3v) is 2.36. The molecule has 0 saturated carbocycles. The average Bonchev–Trinajstić information content (AvgIpc) is 1.82. The fourth-order valence-corrected chi connectivity index (χ4v) is 1.46. The maximum Gasteiger partial charge on any atom is 0.163 e. The summed E-state index contributed by atoms with van der Waals surface area (Å²) in [5, 5.41) is 11.2. The summed E-state index contributed by atoms with van der Waals surface area (Å²) in [7, 11) is 1.51. The molecule has 0 fully saturated rings. The SMILES string of the molecule is C[NH+]([O-])C1(C)CC(=O)C=C(N)C1. The van der Waals surface area contributed by atoms with Gasteiger partial charge in [-0.2, -0.15) is 0 Å². The number of ketones is 1. The quantitative estimate of drug-likeness (QED) is 0.494. The van der Waals surface area contributed by atoms with E-state index < -0.39 is 5.54 Å². The maximum absolute atomic E-state index is 11.2. The van der Waals surface area contributed by atoms with Gasteiger partial charge in [-0.25, -0.2) is 0 Å². The van der Waals surface area contributed by atoms with Crippen molar-refractivity contribution in [1.82, 2.24) is 0 Å². The Morgan fingerprint density at radius 1 is 1.67 bits per heavy atom. The average molecular weight is 170 g/mol. The number of allylic oxidation sites excluding steroid dienone is 1. The zero-order valence-electron chi connectivity index (χ0n) is 7.39. The van der Waals surface area contributed by atoms with Crippen LogP contribution < -0.4 is 10.8 Å². The number of nitrogens with one attached hydrogen (secondary N) is 1. The largest absolute Gasteiger partial charge is 0.634 e. The molecule has 0 aliphatic heterocycles. The van der Waals surface area contributed by atoms with E-state index in [2.05, 4.69) is 0 Å². The van der Waals surface area contributed by atoms with Gasteiger partial charge in [0.2, 0.25) is 0 Å². The number of nitrogens with two attached hydrogens (primary N) is 1. The maximum atomic E-state index is 11.2. The van der Waals surface area contributed by atoms with Crippen molar-refractivity contribution >= 4 is 5.78 Å². The van der Waals surface area contributed by atoms with E-state index in [1.807, 2.05) is 0 Å². The van der Waals surface area contributed by atoms with E-state index in [4.69, 9.17) is 5.73 Å². The van der Waals surface area contributed by atoms with Gasteiger partial charge in [0.15, 0.2) is 5.78 Å². The normalized spacial score (nSPS) is 32.9. The van der Waals surface area contributed by atoms with E-state index in [1.54, 1.807) is 6.92 Å². The molecule has 4 nitrogen and oxygen atoms in total. The Morgan fingerprint density at radius 2 is 2.25 bits per heavy atom. The minimum Gasteiger partial charge on any atom is -0.634 e. The number of hydrogen-bond acceptors (Lipinski definition) is 3. The van der Waals surface area contributed by atoms with Crippen LogP contribution in [0.3, 0.4) is 0 Å². The highest BCUT2D eigenvalue weighted by Crippen LogP contribution is 2.20. The highest BCUT2D eigenvalue weighted by molar-refractivity contribution is 5.92. The van der Waals surface area contributed by atoms with Gasteiger partial charge in [-0.15, -0.1) is 0 Å². The molecular weight excluding hydrogens is 156 g/mol. The summed E-state index contributed by atoms with van der Waals surface area (Å²) in [6.07, 6.45) is 2.22. The third kappa shape index (κ3) is 1.65.